The summed E-state index contributed by atoms with van der Waals surface area (Å²) in [5.41, 5.74) is 0.802. The molecule has 5 aromatic rings. The molecule has 34 heavy (non-hydrogen) atoms. The third-order valence-corrected chi connectivity index (χ3v) is 5.70. The molecule has 0 bridgehead atoms. The zero-order chi connectivity index (χ0) is 23.8. The Labute approximate surface area is 196 Å². The first kappa shape index (κ1) is 21.8. The lowest BCUT2D eigenvalue weighted by Crippen LogP contribution is -2.40. The fraction of sp³-hybridized carbons (Fsp3) is 0.0800. The molecule has 3 aromatic carbocycles. The molecule has 0 N–H and O–H groups in total. The summed E-state index contributed by atoms with van der Waals surface area (Å²) >= 11 is 6.16. The third-order valence-electron chi connectivity index (χ3n) is 5.46. The van der Waals surface area contributed by atoms with E-state index in [-0.39, 0.29) is 24.3 Å². The molecule has 0 unspecified atom stereocenters. The Morgan fingerprint density at radius 1 is 0.824 bits per heavy atom. The first-order valence-electron chi connectivity index (χ1n) is 10.4. The van der Waals surface area contributed by atoms with Gasteiger partial charge in [0.25, 0.3) is 5.56 Å². The maximum atomic E-state index is 13.7. The van der Waals surface area contributed by atoms with Crippen LogP contribution in [0.2, 0.25) is 5.02 Å². The van der Waals surface area contributed by atoms with Gasteiger partial charge in [-0.25, -0.2) is 23.1 Å². The summed E-state index contributed by atoms with van der Waals surface area (Å²) in [6.45, 7) is 0.105. The van der Waals surface area contributed by atoms with Crippen LogP contribution in [0.25, 0.3) is 16.9 Å². The Hall–Kier alpha value is -4.04. The molecule has 0 radical (unpaired) electrons. The molecule has 0 aliphatic carbocycles. The van der Waals surface area contributed by atoms with Gasteiger partial charge in [-0.3, -0.25) is 9.36 Å². The molecule has 0 atom stereocenters. The highest BCUT2D eigenvalue weighted by Gasteiger charge is 2.20. The van der Waals surface area contributed by atoms with Gasteiger partial charge in [0.05, 0.1) is 18.6 Å². The molecule has 0 saturated carbocycles. The summed E-state index contributed by atoms with van der Waals surface area (Å²) in [5, 5.41) is 0.410. The van der Waals surface area contributed by atoms with Crippen molar-refractivity contribution in [1.82, 2.24) is 18.7 Å². The monoisotopic (exact) mass is 478 g/mol. The van der Waals surface area contributed by atoms with Crippen LogP contribution in [-0.2, 0) is 13.1 Å². The second kappa shape index (κ2) is 8.72. The number of hydrogen-bond donors (Lipinski definition) is 0. The minimum absolute atomic E-state index is 0.0698. The number of benzene rings is 3. The second-order valence-electron chi connectivity index (χ2n) is 7.79. The Morgan fingerprint density at radius 3 is 2.32 bits per heavy atom. The van der Waals surface area contributed by atoms with E-state index in [0.29, 0.717) is 21.8 Å². The van der Waals surface area contributed by atoms with E-state index in [1.54, 1.807) is 41.0 Å². The minimum atomic E-state index is -0.611. The summed E-state index contributed by atoms with van der Waals surface area (Å²) in [6.07, 6.45) is 1.44. The number of fused-ring (bicyclic) bond motifs is 1. The molecular formula is C25H17ClF2N4O2. The quantitative estimate of drug-likeness (QED) is 0.377. The zero-order valence-corrected chi connectivity index (χ0v) is 18.4. The fourth-order valence-corrected chi connectivity index (χ4v) is 4.08. The van der Waals surface area contributed by atoms with Crippen LogP contribution >= 0.6 is 11.6 Å². The molecule has 2 aromatic heterocycles. The largest absolute Gasteiger partial charge is 0.337 e. The highest BCUT2D eigenvalue weighted by atomic mass is 35.5. The van der Waals surface area contributed by atoms with E-state index in [1.165, 1.54) is 47.3 Å². The van der Waals surface area contributed by atoms with Crippen molar-refractivity contribution < 1.29 is 8.78 Å². The molecular weight excluding hydrogens is 462 g/mol. The normalized spacial score (nSPS) is 11.3. The number of halogens is 3. The van der Waals surface area contributed by atoms with E-state index >= 15 is 0 Å². The van der Waals surface area contributed by atoms with Crippen molar-refractivity contribution in [3.05, 3.63) is 128 Å². The van der Waals surface area contributed by atoms with E-state index < -0.39 is 22.9 Å². The highest BCUT2D eigenvalue weighted by Crippen LogP contribution is 2.18. The third kappa shape index (κ3) is 4.04. The lowest BCUT2D eigenvalue weighted by atomic mass is 10.2. The van der Waals surface area contributed by atoms with Crippen LogP contribution in [0.3, 0.4) is 0 Å². The molecule has 0 aliphatic heterocycles. The number of rotatable bonds is 5. The summed E-state index contributed by atoms with van der Waals surface area (Å²) in [6, 6.07) is 18.2. The van der Waals surface area contributed by atoms with Gasteiger partial charge in [-0.1, -0.05) is 41.9 Å². The van der Waals surface area contributed by atoms with Crippen molar-refractivity contribution >= 4 is 22.8 Å². The van der Waals surface area contributed by atoms with Crippen molar-refractivity contribution in [2.45, 2.75) is 13.1 Å². The van der Waals surface area contributed by atoms with Crippen LogP contribution in [0.4, 0.5) is 8.78 Å². The number of imidazole rings is 1. The van der Waals surface area contributed by atoms with Crippen molar-refractivity contribution in [3.63, 3.8) is 0 Å². The molecule has 170 valence electrons. The van der Waals surface area contributed by atoms with Gasteiger partial charge in [0.1, 0.15) is 11.6 Å². The first-order valence-corrected chi connectivity index (χ1v) is 10.7. The Bertz CT molecular complexity index is 1640. The first-order chi connectivity index (χ1) is 16.4. The van der Waals surface area contributed by atoms with Crippen LogP contribution in [0.1, 0.15) is 11.1 Å². The summed E-state index contributed by atoms with van der Waals surface area (Å²) in [4.78, 5) is 31.4. The summed E-state index contributed by atoms with van der Waals surface area (Å²) < 4.78 is 31.1. The zero-order valence-electron chi connectivity index (χ0n) is 17.7. The van der Waals surface area contributed by atoms with Crippen molar-refractivity contribution in [3.8, 4) is 5.69 Å². The lowest BCUT2D eigenvalue weighted by Gasteiger charge is -2.13. The molecule has 0 saturated heterocycles. The maximum absolute atomic E-state index is 13.7. The molecule has 6 nitrogen and oxygen atoms in total. The van der Waals surface area contributed by atoms with Crippen LogP contribution in [0, 0.1) is 11.6 Å². The Morgan fingerprint density at radius 2 is 1.59 bits per heavy atom. The minimum Gasteiger partial charge on any atom is -0.320 e. The Balaban J connectivity index is 1.75. The van der Waals surface area contributed by atoms with Gasteiger partial charge in [-0.05, 0) is 53.6 Å². The second-order valence-corrected chi connectivity index (χ2v) is 8.23. The van der Waals surface area contributed by atoms with Crippen molar-refractivity contribution in [1.29, 1.82) is 0 Å². The average Bonchev–Trinajstić information content (AvgIpc) is 3.21. The van der Waals surface area contributed by atoms with Gasteiger partial charge in [-0.15, -0.1) is 0 Å². The van der Waals surface area contributed by atoms with Crippen LogP contribution in [0.15, 0.2) is 88.7 Å². The van der Waals surface area contributed by atoms with Gasteiger partial charge in [0.15, 0.2) is 11.2 Å². The van der Waals surface area contributed by atoms with Crippen molar-refractivity contribution in [2.24, 2.45) is 0 Å². The summed E-state index contributed by atoms with van der Waals surface area (Å²) in [5.74, 6) is -0.817. The molecule has 0 aliphatic rings. The van der Waals surface area contributed by atoms with E-state index in [2.05, 4.69) is 4.98 Å². The summed E-state index contributed by atoms with van der Waals surface area (Å²) in [7, 11) is 0. The van der Waals surface area contributed by atoms with Crippen LogP contribution in [-0.4, -0.2) is 18.7 Å². The number of aromatic nitrogens is 4. The van der Waals surface area contributed by atoms with Gasteiger partial charge < -0.3 is 4.57 Å². The number of nitrogens with zero attached hydrogens (tertiary/aromatic N) is 4. The van der Waals surface area contributed by atoms with E-state index in [1.807, 2.05) is 0 Å². The fourth-order valence-electron chi connectivity index (χ4n) is 3.89. The van der Waals surface area contributed by atoms with Gasteiger partial charge in [0, 0.05) is 11.6 Å². The van der Waals surface area contributed by atoms with Crippen molar-refractivity contribution in [2.75, 3.05) is 0 Å². The molecule has 2 heterocycles. The van der Waals surface area contributed by atoms with Crippen LogP contribution in [0.5, 0.6) is 0 Å². The maximum Gasteiger partial charge on any atom is 0.337 e. The Kier molecular flexibility index (Phi) is 5.59. The van der Waals surface area contributed by atoms with E-state index in [0.717, 1.165) is 4.57 Å². The van der Waals surface area contributed by atoms with Crippen LogP contribution < -0.4 is 11.2 Å². The SMILES string of the molecule is O=c1c2c(ncn2Cc2cccc(F)c2)n(-c2cccc(Cl)c2)c(=O)n1Cc1ccc(F)cc1. The van der Waals surface area contributed by atoms with Gasteiger partial charge in [0.2, 0.25) is 0 Å². The predicted molar refractivity (Wildman–Crippen MR) is 126 cm³/mol. The smallest absolute Gasteiger partial charge is 0.320 e. The highest BCUT2D eigenvalue weighted by molar-refractivity contribution is 6.30. The standard InChI is InChI=1S/C25H17ClF2N4O2/c26-18-4-2-6-21(12-18)32-23-22(30(15-29-23)13-17-3-1-5-20(28)11-17)24(33)31(25(32)34)14-16-7-9-19(27)10-8-16/h1-12,15H,13-14H2. The molecule has 0 fully saturated rings. The average molecular weight is 479 g/mol. The molecule has 9 heteroatoms. The molecule has 5 rings (SSSR count). The van der Waals surface area contributed by atoms with E-state index in [9.17, 15) is 18.4 Å². The predicted octanol–water partition coefficient (Wildman–Crippen LogP) is 4.38. The van der Waals surface area contributed by atoms with E-state index in [4.69, 9.17) is 11.6 Å². The molecule has 0 spiro atoms. The lowest BCUT2D eigenvalue weighted by molar-refractivity contribution is 0.623. The van der Waals surface area contributed by atoms with Gasteiger partial charge in [-0.2, -0.15) is 0 Å². The topological polar surface area (TPSA) is 61.8 Å². The van der Waals surface area contributed by atoms with Gasteiger partial charge >= 0.3 is 5.69 Å². The molecule has 0 amide bonds. The number of hydrogen-bond acceptors (Lipinski definition) is 3.